The molecule has 1 amide bonds. The van der Waals surface area contributed by atoms with E-state index < -0.39 is 27.1 Å². The summed E-state index contributed by atoms with van der Waals surface area (Å²) in [4.78, 5) is 44.0. The van der Waals surface area contributed by atoms with Gasteiger partial charge in [0, 0.05) is 34.9 Å². The molecule has 0 N–H and O–H groups in total. The zero-order valence-corrected chi connectivity index (χ0v) is 17.2. The van der Waals surface area contributed by atoms with Crippen molar-refractivity contribution in [3.05, 3.63) is 102 Å². The number of benzene rings is 2. The number of carbonyl (C=O) groups is 1. The first-order valence-corrected chi connectivity index (χ1v) is 9.67. The van der Waals surface area contributed by atoms with Crippen LogP contribution in [0, 0.1) is 20.2 Å². The molecule has 2 aromatic carbocycles. The number of non-ortho nitro benzene ring substituents is 2. The van der Waals surface area contributed by atoms with Crippen molar-refractivity contribution in [1.29, 1.82) is 0 Å². The molecular formula is C20H12BrN5O5. The first kappa shape index (κ1) is 20.3. The summed E-state index contributed by atoms with van der Waals surface area (Å²) >= 11 is 3.42. The number of allylic oxidation sites excluding steroid dienone is 2. The number of halogens is 1. The quantitative estimate of drug-likeness (QED) is 0.478. The van der Waals surface area contributed by atoms with Gasteiger partial charge in [0.05, 0.1) is 21.5 Å². The highest BCUT2D eigenvalue weighted by Crippen LogP contribution is 2.26. The topological polar surface area (TPSA) is 131 Å². The highest BCUT2D eigenvalue weighted by Gasteiger charge is 2.24. The summed E-state index contributed by atoms with van der Waals surface area (Å²) in [5.41, 5.74) is 0.0812. The number of amides is 1. The molecule has 4 rings (SSSR count). The van der Waals surface area contributed by atoms with Gasteiger partial charge in [-0.05, 0) is 33.6 Å². The van der Waals surface area contributed by atoms with Crippen LogP contribution in [0.15, 0.2) is 75.3 Å². The third-order valence-electron chi connectivity index (χ3n) is 4.56. The molecular weight excluding hydrogens is 470 g/mol. The zero-order valence-electron chi connectivity index (χ0n) is 15.6. The van der Waals surface area contributed by atoms with Crippen molar-refractivity contribution in [3.8, 4) is 0 Å². The van der Waals surface area contributed by atoms with E-state index in [0.717, 1.165) is 28.2 Å². The molecule has 2 aliphatic rings. The second kappa shape index (κ2) is 8.03. The van der Waals surface area contributed by atoms with Crippen LogP contribution in [0.1, 0.15) is 21.5 Å². The normalized spacial score (nSPS) is 16.0. The Morgan fingerprint density at radius 2 is 1.74 bits per heavy atom. The Kier molecular flexibility index (Phi) is 5.26. The Hall–Kier alpha value is -3.99. The fourth-order valence-corrected chi connectivity index (χ4v) is 3.52. The summed E-state index contributed by atoms with van der Waals surface area (Å²) in [5, 5.41) is 22.3. The van der Waals surface area contributed by atoms with Crippen LogP contribution in [0.5, 0.6) is 0 Å². The van der Waals surface area contributed by atoms with Gasteiger partial charge < -0.3 is 4.90 Å². The monoisotopic (exact) mass is 481 g/mol. The van der Waals surface area contributed by atoms with Crippen LogP contribution in [0.25, 0.3) is 0 Å². The Morgan fingerprint density at radius 3 is 2.42 bits per heavy atom. The number of rotatable bonds is 3. The molecule has 0 fully saturated rings. The van der Waals surface area contributed by atoms with E-state index in [4.69, 9.17) is 0 Å². The van der Waals surface area contributed by atoms with Crippen LogP contribution >= 0.6 is 15.9 Å². The minimum Gasteiger partial charge on any atom is -0.327 e. The predicted octanol–water partition coefficient (Wildman–Crippen LogP) is 4.11. The van der Waals surface area contributed by atoms with Crippen molar-refractivity contribution in [1.82, 2.24) is 4.90 Å². The highest BCUT2D eigenvalue weighted by molar-refractivity contribution is 9.11. The van der Waals surface area contributed by atoms with Crippen LogP contribution in [-0.4, -0.2) is 32.3 Å². The second-order valence-electron chi connectivity index (χ2n) is 6.60. The van der Waals surface area contributed by atoms with Gasteiger partial charge in [-0.2, -0.15) is 4.99 Å². The molecule has 154 valence electrons. The summed E-state index contributed by atoms with van der Waals surface area (Å²) in [6, 6.07) is 9.99. The molecule has 0 aromatic heterocycles. The summed E-state index contributed by atoms with van der Waals surface area (Å²) in [7, 11) is 0. The summed E-state index contributed by atoms with van der Waals surface area (Å²) in [6.07, 6.45) is 5.41. The van der Waals surface area contributed by atoms with Crippen LogP contribution in [0.3, 0.4) is 0 Å². The van der Waals surface area contributed by atoms with E-state index >= 15 is 0 Å². The van der Waals surface area contributed by atoms with Crippen molar-refractivity contribution in [2.75, 3.05) is 0 Å². The number of nitro groups is 2. The fourth-order valence-electron chi connectivity index (χ4n) is 3.14. The number of fused-ring (bicyclic) bond motifs is 2. The molecule has 31 heavy (non-hydrogen) atoms. The standard InChI is InChI=1S/C20H12BrN5O5/c21-14-5-6-18-22-19(17-4-2-1-3-12(17)10-24(18)11-14)23-20(27)13-7-15(25(28)29)9-16(8-13)26(30)31/h1-9,11H,10H2. The average molecular weight is 482 g/mol. The molecule has 0 aliphatic carbocycles. The maximum atomic E-state index is 12.8. The smallest absolute Gasteiger partial charge is 0.279 e. The minimum absolute atomic E-state index is 0.114. The molecule has 0 saturated heterocycles. The van der Waals surface area contributed by atoms with Crippen LogP contribution < -0.4 is 0 Å². The molecule has 0 saturated carbocycles. The molecule has 11 heteroatoms. The van der Waals surface area contributed by atoms with Gasteiger partial charge in [0.1, 0.15) is 5.84 Å². The number of hydrogen-bond acceptors (Lipinski definition) is 6. The van der Waals surface area contributed by atoms with Crippen molar-refractivity contribution < 1.29 is 14.6 Å². The Balaban J connectivity index is 1.83. The van der Waals surface area contributed by atoms with Gasteiger partial charge in [-0.1, -0.05) is 24.3 Å². The van der Waals surface area contributed by atoms with Crippen molar-refractivity contribution in [3.63, 3.8) is 0 Å². The molecule has 2 aliphatic heterocycles. The number of carbonyl (C=O) groups excluding carboxylic acids is 1. The maximum Gasteiger partial charge on any atom is 0.279 e. The van der Waals surface area contributed by atoms with Crippen LogP contribution in [0.2, 0.25) is 0 Å². The van der Waals surface area contributed by atoms with Gasteiger partial charge in [0.25, 0.3) is 17.3 Å². The lowest BCUT2D eigenvalue weighted by atomic mass is 10.1. The van der Waals surface area contributed by atoms with Crippen LogP contribution in [-0.2, 0) is 6.54 Å². The molecule has 2 heterocycles. The summed E-state index contributed by atoms with van der Waals surface area (Å²) in [5.74, 6) is -0.204. The van der Waals surface area contributed by atoms with E-state index in [2.05, 4.69) is 25.9 Å². The SMILES string of the molecule is O=C(N=C1N=C2C=CC(Br)=CN2Cc2ccccc21)c1cc([N+](=O)[O-])cc([N+](=O)[O-])c1. The average Bonchev–Trinajstić information content (AvgIpc) is 2.89. The number of hydrogen-bond donors (Lipinski definition) is 0. The third-order valence-corrected chi connectivity index (χ3v) is 5.03. The van der Waals surface area contributed by atoms with Crippen molar-refractivity contribution >= 4 is 44.9 Å². The number of nitrogens with zero attached hydrogens (tertiary/aromatic N) is 5. The number of amidine groups is 2. The Morgan fingerprint density at radius 1 is 1.06 bits per heavy atom. The van der Waals surface area contributed by atoms with E-state index in [9.17, 15) is 25.0 Å². The highest BCUT2D eigenvalue weighted by atomic mass is 79.9. The molecule has 2 aromatic rings. The largest absolute Gasteiger partial charge is 0.327 e. The zero-order chi connectivity index (χ0) is 22.1. The van der Waals surface area contributed by atoms with Gasteiger partial charge in [-0.25, -0.2) is 4.99 Å². The lowest BCUT2D eigenvalue weighted by Crippen LogP contribution is -2.24. The van der Waals surface area contributed by atoms with Gasteiger partial charge in [0.2, 0.25) is 0 Å². The minimum atomic E-state index is -0.870. The summed E-state index contributed by atoms with van der Waals surface area (Å²) < 4.78 is 0.851. The van der Waals surface area contributed by atoms with E-state index in [1.54, 1.807) is 24.3 Å². The van der Waals surface area contributed by atoms with Crippen molar-refractivity contribution in [2.24, 2.45) is 9.98 Å². The van der Waals surface area contributed by atoms with Gasteiger partial charge in [-0.3, -0.25) is 25.0 Å². The lowest BCUT2D eigenvalue weighted by Gasteiger charge is -2.21. The lowest BCUT2D eigenvalue weighted by molar-refractivity contribution is -0.394. The fraction of sp³-hybridized carbons (Fsp3) is 0.0500. The predicted molar refractivity (Wildman–Crippen MR) is 116 cm³/mol. The first-order valence-electron chi connectivity index (χ1n) is 8.88. The Bertz CT molecular complexity index is 1230. The molecule has 10 nitrogen and oxygen atoms in total. The first-order chi connectivity index (χ1) is 14.8. The van der Waals surface area contributed by atoms with E-state index in [0.29, 0.717) is 17.9 Å². The molecule has 0 unspecified atom stereocenters. The van der Waals surface area contributed by atoms with Gasteiger partial charge in [0.15, 0.2) is 5.84 Å². The van der Waals surface area contributed by atoms with Gasteiger partial charge >= 0.3 is 0 Å². The van der Waals surface area contributed by atoms with E-state index in [1.165, 1.54) is 0 Å². The molecule has 0 spiro atoms. The second-order valence-corrected chi connectivity index (χ2v) is 7.51. The third kappa shape index (κ3) is 4.16. The number of aliphatic imine (C=N–C) groups is 2. The number of nitro benzene ring substituents is 2. The van der Waals surface area contributed by atoms with Gasteiger partial charge in [-0.15, -0.1) is 0 Å². The molecule has 0 atom stereocenters. The van der Waals surface area contributed by atoms with Crippen LogP contribution in [0.4, 0.5) is 11.4 Å². The van der Waals surface area contributed by atoms with E-state index in [-0.39, 0.29) is 11.4 Å². The van der Waals surface area contributed by atoms with Crippen molar-refractivity contribution in [2.45, 2.75) is 6.54 Å². The molecule has 0 bridgehead atoms. The van der Waals surface area contributed by atoms with E-state index in [1.807, 2.05) is 23.2 Å². The summed E-state index contributed by atoms with van der Waals surface area (Å²) in [6.45, 7) is 0.490. The maximum absolute atomic E-state index is 12.8. The Labute approximate surface area is 183 Å². The molecule has 0 radical (unpaired) electrons.